The topological polar surface area (TPSA) is 69.0 Å². The fraction of sp³-hybridized carbons (Fsp3) is 0.471. The van der Waals surface area contributed by atoms with Crippen molar-refractivity contribution in [1.82, 2.24) is 20.1 Å². The monoisotopic (exact) mass is 422 g/mol. The minimum atomic E-state index is -4.80. The molecule has 1 N–H and O–H groups in total. The average Bonchev–Trinajstić information content (AvgIpc) is 3.02. The van der Waals surface area contributed by atoms with Crippen LogP contribution in [0.25, 0.3) is 0 Å². The van der Waals surface area contributed by atoms with Crippen LogP contribution in [0, 0.1) is 5.92 Å². The van der Waals surface area contributed by atoms with Crippen LogP contribution in [0.2, 0.25) is 0 Å². The van der Waals surface area contributed by atoms with Crippen LogP contribution in [-0.2, 0) is 30.7 Å². The lowest BCUT2D eigenvalue weighted by Crippen LogP contribution is -2.32. The summed E-state index contributed by atoms with van der Waals surface area (Å²) in [5, 5.41) is 10.2. The van der Waals surface area contributed by atoms with Gasteiger partial charge < -0.3 is 14.6 Å². The van der Waals surface area contributed by atoms with Gasteiger partial charge in [-0.25, -0.2) is 0 Å². The molecule has 6 nitrogen and oxygen atoms in total. The van der Waals surface area contributed by atoms with Crippen LogP contribution < -0.4 is 10.1 Å². The second-order valence-corrected chi connectivity index (χ2v) is 6.56. The molecule has 0 saturated heterocycles. The smallest absolute Gasteiger partial charge is 0.406 e. The minimum Gasteiger partial charge on any atom is -0.406 e. The Morgan fingerprint density at radius 1 is 1.14 bits per heavy atom. The molecule has 0 saturated carbocycles. The van der Waals surface area contributed by atoms with E-state index in [1.165, 1.54) is 12.1 Å². The number of hydrogen-bond acceptors (Lipinski definition) is 4. The molecule has 1 aliphatic heterocycles. The van der Waals surface area contributed by atoms with E-state index in [1.54, 1.807) is 4.57 Å². The first-order chi connectivity index (χ1) is 13.5. The number of aromatic nitrogens is 3. The molecule has 2 aromatic rings. The van der Waals surface area contributed by atoms with Gasteiger partial charge in [0.2, 0.25) is 5.91 Å². The van der Waals surface area contributed by atoms with Gasteiger partial charge in [-0.15, -0.1) is 23.4 Å². The SMILES string of the molecule is O=C(Cc1ccc(OC(F)(F)F)cc1)NCc1nnc2n1CC[C@@H](C(F)(F)F)C2. The molecule has 0 unspecified atom stereocenters. The van der Waals surface area contributed by atoms with Gasteiger partial charge in [0.15, 0.2) is 5.82 Å². The molecule has 29 heavy (non-hydrogen) atoms. The number of fused-ring (bicyclic) bond motifs is 1. The van der Waals surface area contributed by atoms with E-state index in [0.717, 1.165) is 12.1 Å². The van der Waals surface area contributed by atoms with Crippen LogP contribution in [0.4, 0.5) is 26.3 Å². The van der Waals surface area contributed by atoms with Gasteiger partial charge in [-0.05, 0) is 24.1 Å². The maximum Gasteiger partial charge on any atom is 0.573 e. The Kier molecular flexibility index (Phi) is 5.71. The van der Waals surface area contributed by atoms with Gasteiger partial charge >= 0.3 is 12.5 Å². The van der Waals surface area contributed by atoms with Crippen molar-refractivity contribution in [2.75, 3.05) is 0 Å². The molecule has 0 aliphatic carbocycles. The molecule has 158 valence electrons. The molecule has 1 amide bonds. The third-order valence-corrected chi connectivity index (χ3v) is 4.46. The van der Waals surface area contributed by atoms with E-state index >= 15 is 0 Å². The van der Waals surface area contributed by atoms with Crippen LogP contribution in [0.1, 0.15) is 23.6 Å². The number of benzene rings is 1. The summed E-state index contributed by atoms with van der Waals surface area (Å²) in [5.41, 5.74) is 0.466. The van der Waals surface area contributed by atoms with Crippen molar-refractivity contribution in [3.63, 3.8) is 0 Å². The molecule has 1 aliphatic rings. The Balaban J connectivity index is 1.52. The first-order valence-electron chi connectivity index (χ1n) is 8.60. The molecule has 3 rings (SSSR count). The Hall–Kier alpha value is -2.79. The van der Waals surface area contributed by atoms with Crippen molar-refractivity contribution in [3.05, 3.63) is 41.5 Å². The molecule has 2 heterocycles. The summed E-state index contributed by atoms with van der Waals surface area (Å²) in [6.07, 6.45) is -9.51. The number of nitrogens with one attached hydrogen (secondary N) is 1. The van der Waals surface area contributed by atoms with Crippen molar-refractivity contribution < 1.29 is 35.9 Å². The van der Waals surface area contributed by atoms with Crippen molar-refractivity contribution in [1.29, 1.82) is 0 Å². The lowest BCUT2D eigenvalue weighted by atomic mass is 9.97. The first-order valence-corrected chi connectivity index (χ1v) is 8.60. The number of halogens is 6. The number of amides is 1. The van der Waals surface area contributed by atoms with Gasteiger partial charge in [0, 0.05) is 13.0 Å². The van der Waals surface area contributed by atoms with Crippen LogP contribution >= 0.6 is 0 Å². The molecular formula is C17H16F6N4O2. The second-order valence-electron chi connectivity index (χ2n) is 6.56. The third-order valence-electron chi connectivity index (χ3n) is 4.46. The number of carbonyl (C=O) groups excluding carboxylic acids is 1. The van der Waals surface area contributed by atoms with Gasteiger partial charge in [0.25, 0.3) is 0 Å². The van der Waals surface area contributed by atoms with Crippen LogP contribution in [0.3, 0.4) is 0 Å². The Morgan fingerprint density at radius 3 is 2.45 bits per heavy atom. The number of nitrogens with zero attached hydrogens (tertiary/aromatic N) is 3. The predicted molar refractivity (Wildman–Crippen MR) is 86.6 cm³/mol. The van der Waals surface area contributed by atoms with Gasteiger partial charge in [0.05, 0.1) is 18.9 Å². The minimum absolute atomic E-state index is 0.0161. The number of ether oxygens (including phenoxy) is 1. The summed E-state index contributed by atoms with van der Waals surface area (Å²) in [6.45, 7) is 0.0934. The van der Waals surface area contributed by atoms with E-state index in [1.807, 2.05) is 0 Å². The van der Waals surface area contributed by atoms with Gasteiger partial charge in [0.1, 0.15) is 11.6 Å². The summed E-state index contributed by atoms with van der Waals surface area (Å²) >= 11 is 0. The summed E-state index contributed by atoms with van der Waals surface area (Å²) < 4.78 is 80.2. The standard InChI is InChI=1S/C17H16F6N4O2/c18-16(19,20)11-5-6-27-13(8-11)25-26-14(27)9-24-15(28)7-10-1-3-12(4-2-10)29-17(21,22)23/h1-4,11H,5-9H2,(H,24,28)/t11-/m1/s1. The summed E-state index contributed by atoms with van der Waals surface area (Å²) in [6, 6.07) is 4.86. The Morgan fingerprint density at radius 2 is 1.83 bits per heavy atom. The number of rotatable bonds is 5. The average molecular weight is 422 g/mol. The van der Waals surface area contributed by atoms with Crippen molar-refractivity contribution in [2.24, 2.45) is 5.92 Å². The lowest BCUT2D eigenvalue weighted by molar-refractivity contribution is -0.274. The van der Waals surface area contributed by atoms with Crippen molar-refractivity contribution >= 4 is 5.91 Å². The van der Waals surface area contributed by atoms with E-state index in [9.17, 15) is 31.1 Å². The fourth-order valence-electron chi connectivity index (χ4n) is 3.03. The Bertz CT molecular complexity index is 860. The van der Waals surface area contributed by atoms with Crippen molar-refractivity contribution in [2.45, 2.75) is 44.9 Å². The summed E-state index contributed by atoms with van der Waals surface area (Å²) in [4.78, 5) is 12.0. The summed E-state index contributed by atoms with van der Waals surface area (Å²) in [5.74, 6) is -1.69. The van der Waals surface area contributed by atoms with E-state index in [0.29, 0.717) is 11.4 Å². The third kappa shape index (κ3) is 5.61. The number of carbonyl (C=O) groups is 1. The zero-order valence-corrected chi connectivity index (χ0v) is 14.8. The van der Waals surface area contributed by atoms with Crippen molar-refractivity contribution in [3.8, 4) is 5.75 Å². The Labute approximate surface area is 160 Å². The molecule has 1 atom stereocenters. The maximum absolute atomic E-state index is 12.8. The molecule has 1 aromatic heterocycles. The summed E-state index contributed by atoms with van der Waals surface area (Å²) in [7, 11) is 0. The zero-order valence-electron chi connectivity index (χ0n) is 14.8. The predicted octanol–water partition coefficient (Wildman–Crippen LogP) is 3.16. The molecule has 0 bridgehead atoms. The second kappa shape index (κ2) is 7.91. The highest BCUT2D eigenvalue weighted by Crippen LogP contribution is 2.34. The molecule has 12 heteroatoms. The molecule has 0 fully saturated rings. The van der Waals surface area contributed by atoms with Crippen LogP contribution in [0.5, 0.6) is 5.75 Å². The number of alkyl halides is 6. The van der Waals surface area contributed by atoms with Gasteiger partial charge in [-0.3, -0.25) is 4.79 Å². The zero-order chi connectivity index (χ0) is 21.2. The molecule has 1 aromatic carbocycles. The van der Waals surface area contributed by atoms with Gasteiger partial charge in [-0.1, -0.05) is 12.1 Å². The fourth-order valence-corrected chi connectivity index (χ4v) is 3.03. The highest BCUT2D eigenvalue weighted by atomic mass is 19.4. The maximum atomic E-state index is 12.8. The van der Waals surface area contributed by atoms with Crippen LogP contribution in [0.15, 0.2) is 24.3 Å². The highest BCUT2D eigenvalue weighted by molar-refractivity contribution is 5.78. The normalized spacial score (nSPS) is 17.0. The number of hydrogen-bond donors (Lipinski definition) is 1. The quantitative estimate of drug-likeness (QED) is 0.752. The molecule has 0 spiro atoms. The lowest BCUT2D eigenvalue weighted by Gasteiger charge is -2.25. The van der Waals surface area contributed by atoms with Crippen LogP contribution in [-0.4, -0.2) is 33.2 Å². The largest absolute Gasteiger partial charge is 0.573 e. The van der Waals surface area contributed by atoms with E-state index in [-0.39, 0.29) is 38.2 Å². The van der Waals surface area contributed by atoms with E-state index in [4.69, 9.17) is 0 Å². The molecular weight excluding hydrogens is 406 g/mol. The first kappa shape index (κ1) is 20.9. The molecule has 0 radical (unpaired) electrons. The van der Waals surface area contributed by atoms with E-state index < -0.39 is 30.1 Å². The van der Waals surface area contributed by atoms with Gasteiger partial charge in [-0.2, -0.15) is 13.2 Å². The van der Waals surface area contributed by atoms with E-state index in [2.05, 4.69) is 20.3 Å². The highest BCUT2D eigenvalue weighted by Gasteiger charge is 2.42.